The summed E-state index contributed by atoms with van der Waals surface area (Å²) >= 11 is 3.86. The Hall–Kier alpha value is -1.79. The zero-order chi connectivity index (χ0) is 15.7. The molecule has 0 bridgehead atoms. The number of H-pyrrole nitrogens is 1. The van der Waals surface area contributed by atoms with Gasteiger partial charge in [0.15, 0.2) is 0 Å². The molecule has 0 radical (unpaired) electrons. The first-order valence-electron chi connectivity index (χ1n) is 5.45. The molecule has 0 atom stereocenters. The van der Waals surface area contributed by atoms with Crippen LogP contribution in [0, 0.1) is 29.8 Å². The number of nitriles is 2. The molecular formula is C13H6I2N4O2. The van der Waals surface area contributed by atoms with Crippen LogP contribution in [0.4, 0.5) is 5.82 Å². The monoisotopic (exact) mass is 504 g/mol. The van der Waals surface area contributed by atoms with E-state index in [-0.39, 0.29) is 28.3 Å². The minimum absolute atomic E-state index is 0.0310. The van der Waals surface area contributed by atoms with Crippen LogP contribution >= 0.6 is 45.2 Å². The van der Waals surface area contributed by atoms with Gasteiger partial charge in [-0.15, -0.1) is 0 Å². The van der Waals surface area contributed by atoms with Gasteiger partial charge in [0.2, 0.25) is 0 Å². The first-order valence-corrected chi connectivity index (χ1v) is 7.60. The van der Waals surface area contributed by atoms with Crippen LogP contribution in [-0.4, -0.2) is 10.1 Å². The molecule has 0 fully saturated rings. The number of aromatic nitrogens is 1. The number of nitrogens with two attached hydrogens (primary N) is 1. The fourth-order valence-electron chi connectivity index (χ4n) is 1.84. The van der Waals surface area contributed by atoms with Crippen LogP contribution in [-0.2, 0) is 0 Å². The fraction of sp³-hybridized carbons (Fsp3) is 0. The number of rotatable bonds is 1. The van der Waals surface area contributed by atoms with Crippen LogP contribution in [0.3, 0.4) is 0 Å². The van der Waals surface area contributed by atoms with E-state index >= 15 is 0 Å². The van der Waals surface area contributed by atoms with Gasteiger partial charge in [-0.25, -0.2) is 0 Å². The number of anilines is 1. The summed E-state index contributed by atoms with van der Waals surface area (Å²) in [6, 6.07) is 6.89. The van der Waals surface area contributed by atoms with Gasteiger partial charge in [0.25, 0.3) is 5.56 Å². The SMILES string of the molecule is N#Cc1c(N)[nH]c(=O)c(C#N)c1-c1cc(I)c(O)c(I)c1. The normalized spacial score (nSPS) is 9.90. The third-order valence-electron chi connectivity index (χ3n) is 2.77. The van der Waals surface area contributed by atoms with Crippen molar-refractivity contribution in [1.82, 2.24) is 4.98 Å². The number of pyridine rings is 1. The fourth-order valence-corrected chi connectivity index (χ4v) is 3.61. The van der Waals surface area contributed by atoms with Gasteiger partial charge in [0, 0.05) is 5.56 Å². The molecule has 0 aliphatic carbocycles. The topological polar surface area (TPSA) is 127 Å². The van der Waals surface area contributed by atoms with Gasteiger partial charge in [-0.3, -0.25) is 4.79 Å². The van der Waals surface area contributed by atoms with E-state index in [0.717, 1.165) is 0 Å². The Morgan fingerprint density at radius 1 is 1.14 bits per heavy atom. The minimum Gasteiger partial charge on any atom is -0.506 e. The van der Waals surface area contributed by atoms with Crippen LogP contribution in [0.25, 0.3) is 11.1 Å². The third-order valence-corrected chi connectivity index (χ3v) is 4.42. The number of nitrogens with zero attached hydrogens (tertiary/aromatic N) is 2. The molecule has 8 heteroatoms. The second-order valence-corrected chi connectivity index (χ2v) is 6.33. The second-order valence-electron chi connectivity index (χ2n) is 4.00. The Labute approximate surface area is 146 Å². The molecule has 2 aromatic rings. The van der Waals surface area contributed by atoms with E-state index in [4.69, 9.17) is 5.73 Å². The van der Waals surface area contributed by atoms with Crippen LogP contribution in [0.2, 0.25) is 0 Å². The molecular weight excluding hydrogens is 498 g/mol. The molecule has 1 heterocycles. The van der Waals surface area contributed by atoms with Gasteiger partial charge >= 0.3 is 0 Å². The number of nitrogens with one attached hydrogen (secondary N) is 1. The summed E-state index contributed by atoms with van der Waals surface area (Å²) in [5.74, 6) is 0.0179. The highest BCUT2D eigenvalue weighted by molar-refractivity contribution is 14.1. The van der Waals surface area contributed by atoms with Gasteiger partial charge < -0.3 is 15.8 Å². The van der Waals surface area contributed by atoms with Crippen molar-refractivity contribution in [2.75, 3.05) is 5.73 Å². The maximum atomic E-state index is 11.8. The van der Waals surface area contributed by atoms with Crippen LogP contribution < -0.4 is 11.3 Å². The molecule has 6 nitrogen and oxygen atoms in total. The van der Waals surface area contributed by atoms with E-state index in [1.54, 1.807) is 18.2 Å². The lowest BCUT2D eigenvalue weighted by molar-refractivity contribution is 0.468. The largest absolute Gasteiger partial charge is 0.506 e. The predicted octanol–water partition coefficient (Wildman–Crippen LogP) is 2.28. The number of hydrogen-bond acceptors (Lipinski definition) is 5. The molecule has 0 amide bonds. The van der Waals surface area contributed by atoms with Crippen LogP contribution in [0.5, 0.6) is 5.75 Å². The number of halogens is 2. The number of benzene rings is 1. The van der Waals surface area contributed by atoms with Crippen molar-refractivity contribution in [3.8, 4) is 29.0 Å². The van der Waals surface area contributed by atoms with Crippen molar-refractivity contribution < 1.29 is 5.11 Å². The van der Waals surface area contributed by atoms with E-state index in [1.807, 2.05) is 51.3 Å². The lowest BCUT2D eigenvalue weighted by Crippen LogP contribution is -2.16. The standard InChI is InChI=1S/C13H6I2N4O2/c14-8-1-5(2-9(15)11(8)20)10-6(3-16)12(18)19-13(21)7(10)4-17/h1-2,20H,(H3,18,19,21). The first-order chi connectivity index (χ1) is 9.90. The molecule has 0 aliphatic rings. The van der Waals surface area contributed by atoms with E-state index in [2.05, 4.69) is 4.98 Å². The molecule has 0 unspecified atom stereocenters. The molecule has 1 aromatic carbocycles. The number of phenolic OH excluding ortho intramolecular Hbond substituents is 1. The summed E-state index contributed by atoms with van der Waals surface area (Å²) in [6.45, 7) is 0. The average molecular weight is 504 g/mol. The van der Waals surface area contributed by atoms with E-state index in [0.29, 0.717) is 12.7 Å². The highest BCUT2D eigenvalue weighted by Gasteiger charge is 2.19. The van der Waals surface area contributed by atoms with Crippen molar-refractivity contribution in [3.63, 3.8) is 0 Å². The Kier molecular flexibility index (Phi) is 4.39. The zero-order valence-corrected chi connectivity index (χ0v) is 14.6. The first kappa shape index (κ1) is 15.6. The zero-order valence-electron chi connectivity index (χ0n) is 10.2. The second kappa shape index (κ2) is 5.91. The summed E-state index contributed by atoms with van der Waals surface area (Å²) in [4.78, 5) is 14.1. The molecule has 21 heavy (non-hydrogen) atoms. The maximum absolute atomic E-state index is 11.8. The molecule has 0 aliphatic heterocycles. The number of hydrogen-bond donors (Lipinski definition) is 3. The Morgan fingerprint density at radius 2 is 1.67 bits per heavy atom. The van der Waals surface area contributed by atoms with Gasteiger partial charge in [-0.1, -0.05) is 0 Å². The molecule has 1 aromatic heterocycles. The summed E-state index contributed by atoms with van der Waals surface area (Å²) in [5, 5.41) is 28.2. The Morgan fingerprint density at radius 3 is 2.14 bits per heavy atom. The van der Waals surface area contributed by atoms with Crippen molar-refractivity contribution in [3.05, 3.63) is 40.8 Å². The van der Waals surface area contributed by atoms with Gasteiger partial charge in [0.05, 0.1) is 7.14 Å². The number of aromatic amines is 1. The third kappa shape index (κ3) is 2.69. The lowest BCUT2D eigenvalue weighted by atomic mass is 9.97. The average Bonchev–Trinajstić information content (AvgIpc) is 2.43. The summed E-state index contributed by atoms with van der Waals surface area (Å²) < 4.78 is 1.09. The minimum atomic E-state index is -0.651. The summed E-state index contributed by atoms with van der Waals surface area (Å²) in [7, 11) is 0. The van der Waals surface area contributed by atoms with Crippen LogP contribution in [0.15, 0.2) is 16.9 Å². The molecule has 104 valence electrons. The van der Waals surface area contributed by atoms with Crippen molar-refractivity contribution in [1.29, 1.82) is 10.5 Å². The molecule has 0 spiro atoms. The van der Waals surface area contributed by atoms with E-state index in [1.165, 1.54) is 0 Å². The smallest absolute Gasteiger partial charge is 0.268 e. The quantitative estimate of drug-likeness (QED) is 0.514. The molecule has 4 N–H and O–H groups in total. The van der Waals surface area contributed by atoms with Crippen molar-refractivity contribution in [2.24, 2.45) is 0 Å². The Balaban J connectivity index is 2.97. The number of aromatic hydroxyl groups is 1. The maximum Gasteiger partial charge on any atom is 0.268 e. The summed E-state index contributed by atoms with van der Waals surface area (Å²) in [6.07, 6.45) is 0. The molecule has 0 saturated heterocycles. The number of phenols is 1. The van der Waals surface area contributed by atoms with E-state index < -0.39 is 5.56 Å². The van der Waals surface area contributed by atoms with Gasteiger partial charge in [-0.2, -0.15) is 10.5 Å². The molecule has 2 rings (SSSR count). The van der Waals surface area contributed by atoms with Gasteiger partial charge in [0.1, 0.15) is 34.8 Å². The van der Waals surface area contributed by atoms with Crippen LogP contribution in [0.1, 0.15) is 11.1 Å². The van der Waals surface area contributed by atoms with Gasteiger partial charge in [-0.05, 0) is 62.9 Å². The van der Waals surface area contributed by atoms with E-state index in [9.17, 15) is 20.4 Å². The lowest BCUT2D eigenvalue weighted by Gasteiger charge is -2.10. The van der Waals surface area contributed by atoms with Crippen molar-refractivity contribution >= 4 is 51.0 Å². The highest BCUT2D eigenvalue weighted by Crippen LogP contribution is 2.35. The highest BCUT2D eigenvalue weighted by atomic mass is 127. The van der Waals surface area contributed by atoms with Crippen molar-refractivity contribution in [2.45, 2.75) is 0 Å². The Bertz CT molecular complexity index is 868. The number of nitrogen functional groups attached to an aromatic ring is 1. The molecule has 0 saturated carbocycles. The summed E-state index contributed by atoms with van der Waals surface area (Å²) in [5.41, 5.74) is 5.51. The predicted molar refractivity (Wildman–Crippen MR) is 93.4 cm³/mol.